The summed E-state index contributed by atoms with van der Waals surface area (Å²) in [5.41, 5.74) is -4.15. The van der Waals surface area contributed by atoms with E-state index >= 15 is 0 Å². The number of ether oxygens (including phenoxy) is 4. The van der Waals surface area contributed by atoms with E-state index in [4.69, 9.17) is 23.4 Å². The summed E-state index contributed by atoms with van der Waals surface area (Å²) in [4.78, 5) is 66.3. The number of cyclic esters (lactones) is 1. The Morgan fingerprint density at radius 3 is 2.44 bits per heavy atom. The van der Waals surface area contributed by atoms with Crippen molar-refractivity contribution in [1.29, 1.82) is 0 Å². The fraction of sp³-hybridized carbons (Fsp3) is 0.618. The second-order valence-corrected chi connectivity index (χ2v) is 13.7. The van der Waals surface area contributed by atoms with E-state index in [1.165, 1.54) is 26.4 Å². The summed E-state index contributed by atoms with van der Waals surface area (Å²) in [6.45, 7) is 9.51. The molecular formula is C34H42O11. The number of rotatable bonds is 7. The van der Waals surface area contributed by atoms with Crippen LogP contribution in [0.1, 0.15) is 78.9 Å². The molecule has 9 atom stereocenters. The standard InChI is InChI=1S/C34H42O11/c1-8-18(2)28(38)45-30-32(5,17-43-19(3)35)24(14-25(36)41-7)33(6)22-9-11-31(4)23(21(22)15-34(30,40)29(33)39)13-26(37)44-27(31)20-10-12-42-16-20/h8,10,12,15-16,22-24,27,30,40H,9,11,13-14,17H2,1-7H3/b18-8+/t22-,23?,24-,27-,30-,31+,32?,33+,34-/m0/s1. The Hall–Kier alpha value is -3.73. The Labute approximate surface area is 262 Å². The molecule has 2 bridgehead atoms. The van der Waals surface area contributed by atoms with Crippen LogP contribution in [-0.4, -0.2) is 60.2 Å². The van der Waals surface area contributed by atoms with Gasteiger partial charge >= 0.3 is 23.9 Å². The Bertz CT molecular complexity index is 1470. The zero-order valence-electron chi connectivity index (χ0n) is 26.8. The van der Waals surface area contributed by atoms with Crippen molar-refractivity contribution in [1.82, 2.24) is 0 Å². The first-order valence-corrected chi connectivity index (χ1v) is 15.3. The number of aliphatic hydroxyl groups is 1. The van der Waals surface area contributed by atoms with Gasteiger partial charge in [0.15, 0.2) is 17.5 Å². The van der Waals surface area contributed by atoms with Crippen molar-refractivity contribution in [3.8, 4) is 0 Å². The lowest BCUT2D eigenvalue weighted by Gasteiger charge is -2.65. The minimum absolute atomic E-state index is 0.0159. The van der Waals surface area contributed by atoms with Crippen LogP contribution in [0.5, 0.6) is 0 Å². The van der Waals surface area contributed by atoms with E-state index in [1.807, 2.05) is 6.92 Å². The molecule has 5 rings (SSSR count). The SMILES string of the molecule is C/C=C(\C)C(=O)O[C@H]1C(C)(COC(C)=O)[C@H](CC(=O)OC)[C@]2(C)C(=O)[C@@]1(O)C=C1C3CC(=O)O[C@@H](c4ccoc4)[C@]3(C)CC[C@@H]12. The lowest BCUT2D eigenvalue weighted by atomic mass is 9.39. The topological polar surface area (TPSA) is 156 Å². The Balaban J connectivity index is 1.75. The summed E-state index contributed by atoms with van der Waals surface area (Å²) in [6, 6.07) is 1.76. The number of fused-ring (bicyclic) bond motifs is 6. The Kier molecular flexibility index (Phi) is 8.17. The average molecular weight is 627 g/mol. The van der Waals surface area contributed by atoms with Crippen LogP contribution in [0.25, 0.3) is 0 Å². The lowest BCUT2D eigenvalue weighted by Crippen LogP contribution is -2.75. The molecule has 2 unspecified atom stereocenters. The molecule has 4 aliphatic rings. The first-order chi connectivity index (χ1) is 21.1. The number of esters is 4. The highest BCUT2D eigenvalue weighted by atomic mass is 16.6. The van der Waals surface area contributed by atoms with E-state index in [-0.39, 0.29) is 25.0 Å². The molecule has 1 aromatic rings. The number of hydrogen-bond donors (Lipinski definition) is 1. The van der Waals surface area contributed by atoms with Gasteiger partial charge in [-0.25, -0.2) is 4.79 Å². The van der Waals surface area contributed by atoms with Gasteiger partial charge in [-0.15, -0.1) is 0 Å². The molecule has 2 heterocycles. The molecule has 11 heteroatoms. The van der Waals surface area contributed by atoms with Gasteiger partial charge in [0, 0.05) is 34.3 Å². The van der Waals surface area contributed by atoms with Crippen molar-refractivity contribution in [3.05, 3.63) is 47.5 Å². The monoisotopic (exact) mass is 626 g/mol. The molecule has 11 nitrogen and oxygen atoms in total. The highest BCUT2D eigenvalue weighted by Gasteiger charge is 2.75. The minimum Gasteiger partial charge on any atom is -0.472 e. The lowest BCUT2D eigenvalue weighted by molar-refractivity contribution is -0.234. The van der Waals surface area contributed by atoms with Gasteiger partial charge in [0.05, 0.1) is 32.5 Å². The number of carbonyl (C=O) groups is 5. The second kappa shape index (κ2) is 11.3. The maximum Gasteiger partial charge on any atom is 0.333 e. The van der Waals surface area contributed by atoms with Crippen molar-refractivity contribution in [2.75, 3.05) is 13.7 Å². The number of carbonyl (C=O) groups excluding carboxylic acids is 5. The first kappa shape index (κ1) is 32.7. The van der Waals surface area contributed by atoms with Crippen LogP contribution in [0.4, 0.5) is 0 Å². The molecule has 2 saturated carbocycles. The van der Waals surface area contributed by atoms with Crippen molar-refractivity contribution < 1.29 is 52.4 Å². The van der Waals surface area contributed by atoms with E-state index in [0.29, 0.717) is 24.0 Å². The molecule has 45 heavy (non-hydrogen) atoms. The number of allylic oxidation sites excluding steroid dienone is 2. The number of hydrogen-bond acceptors (Lipinski definition) is 11. The van der Waals surface area contributed by atoms with Crippen molar-refractivity contribution in [2.24, 2.45) is 34.0 Å². The van der Waals surface area contributed by atoms with Crippen LogP contribution in [0, 0.1) is 34.0 Å². The fourth-order valence-electron chi connectivity index (χ4n) is 8.83. The average Bonchev–Trinajstić information content (AvgIpc) is 3.54. The quantitative estimate of drug-likeness (QED) is 0.200. The molecule has 244 valence electrons. The number of Topliss-reactive ketones (excluding diaryl/α,β-unsaturated/α-hetero) is 1. The highest BCUT2D eigenvalue weighted by Crippen LogP contribution is 2.69. The highest BCUT2D eigenvalue weighted by molar-refractivity contribution is 6.00. The molecular weight excluding hydrogens is 584 g/mol. The van der Waals surface area contributed by atoms with Crippen LogP contribution in [-0.2, 0) is 42.9 Å². The smallest absolute Gasteiger partial charge is 0.333 e. The fourth-order valence-corrected chi connectivity index (χ4v) is 8.83. The number of furan rings is 1. The van der Waals surface area contributed by atoms with Crippen LogP contribution >= 0.6 is 0 Å². The molecule has 1 saturated heterocycles. The summed E-state index contributed by atoms with van der Waals surface area (Å²) in [5.74, 6) is -4.84. The van der Waals surface area contributed by atoms with Gasteiger partial charge in [-0.05, 0) is 56.6 Å². The molecule has 1 N–H and O–H groups in total. The van der Waals surface area contributed by atoms with Gasteiger partial charge in [-0.2, -0.15) is 0 Å². The first-order valence-electron chi connectivity index (χ1n) is 15.3. The van der Waals surface area contributed by atoms with Crippen LogP contribution in [0.15, 0.2) is 46.3 Å². The summed E-state index contributed by atoms with van der Waals surface area (Å²) >= 11 is 0. The molecule has 3 aliphatic carbocycles. The molecule has 3 fully saturated rings. The van der Waals surface area contributed by atoms with E-state index in [1.54, 1.807) is 46.1 Å². The van der Waals surface area contributed by atoms with E-state index in [0.717, 1.165) is 0 Å². The van der Waals surface area contributed by atoms with Gasteiger partial charge in [-0.3, -0.25) is 19.2 Å². The number of methoxy groups -OCH3 is 1. The third-order valence-electron chi connectivity index (χ3n) is 11.3. The van der Waals surface area contributed by atoms with Gasteiger partial charge in [0.1, 0.15) is 12.7 Å². The van der Waals surface area contributed by atoms with Gasteiger partial charge < -0.3 is 28.5 Å². The predicted octanol–water partition coefficient (Wildman–Crippen LogP) is 4.19. The third-order valence-corrected chi connectivity index (χ3v) is 11.3. The van der Waals surface area contributed by atoms with Crippen LogP contribution < -0.4 is 0 Å². The van der Waals surface area contributed by atoms with Crippen LogP contribution in [0.3, 0.4) is 0 Å². The number of ketones is 1. The van der Waals surface area contributed by atoms with E-state index < -0.39 is 81.5 Å². The Morgan fingerprint density at radius 2 is 1.84 bits per heavy atom. The molecule has 0 spiro atoms. The zero-order chi connectivity index (χ0) is 33.1. The van der Waals surface area contributed by atoms with Gasteiger partial charge in [0.25, 0.3) is 0 Å². The molecule has 0 radical (unpaired) electrons. The second-order valence-electron chi connectivity index (χ2n) is 13.7. The Morgan fingerprint density at radius 1 is 1.13 bits per heavy atom. The summed E-state index contributed by atoms with van der Waals surface area (Å²) in [6.07, 6.45) is 4.70. The minimum atomic E-state index is -2.36. The van der Waals surface area contributed by atoms with Crippen molar-refractivity contribution in [2.45, 2.75) is 85.0 Å². The van der Waals surface area contributed by atoms with Crippen molar-refractivity contribution >= 4 is 29.7 Å². The third kappa shape index (κ3) is 4.85. The molecule has 0 aromatic carbocycles. The predicted molar refractivity (Wildman–Crippen MR) is 157 cm³/mol. The van der Waals surface area contributed by atoms with Crippen molar-refractivity contribution in [3.63, 3.8) is 0 Å². The van der Waals surface area contributed by atoms with E-state index in [2.05, 4.69) is 0 Å². The summed E-state index contributed by atoms with van der Waals surface area (Å²) < 4.78 is 27.8. The summed E-state index contributed by atoms with van der Waals surface area (Å²) in [7, 11) is 1.24. The zero-order valence-corrected chi connectivity index (χ0v) is 26.8. The molecule has 1 aliphatic heterocycles. The van der Waals surface area contributed by atoms with Gasteiger partial charge in [0.2, 0.25) is 0 Å². The van der Waals surface area contributed by atoms with Crippen LogP contribution in [0.2, 0.25) is 0 Å². The maximum absolute atomic E-state index is 14.7. The van der Waals surface area contributed by atoms with E-state index in [9.17, 15) is 29.1 Å². The normalized spacial score (nSPS) is 39.1. The largest absolute Gasteiger partial charge is 0.472 e. The molecule has 1 aromatic heterocycles. The maximum atomic E-state index is 14.7. The molecule has 0 amide bonds. The van der Waals surface area contributed by atoms with Gasteiger partial charge in [-0.1, -0.05) is 32.4 Å². The summed E-state index contributed by atoms with van der Waals surface area (Å²) in [5, 5.41) is 12.6.